The van der Waals surface area contributed by atoms with Gasteiger partial charge in [-0.15, -0.1) is 0 Å². The minimum Gasteiger partial charge on any atom is -0.339 e. The van der Waals surface area contributed by atoms with Crippen LogP contribution in [0.25, 0.3) is 0 Å². The van der Waals surface area contributed by atoms with Gasteiger partial charge in [0.25, 0.3) is 0 Å². The van der Waals surface area contributed by atoms with Crippen molar-refractivity contribution in [3.8, 4) is 0 Å². The number of hydrogen-bond acceptors (Lipinski definition) is 3. The number of piperazine rings is 1. The molecule has 0 aromatic heterocycles. The molecule has 0 aromatic carbocycles. The van der Waals surface area contributed by atoms with Gasteiger partial charge in [-0.2, -0.15) is 0 Å². The van der Waals surface area contributed by atoms with Crippen molar-refractivity contribution < 1.29 is 4.79 Å². The molecule has 1 aliphatic heterocycles. The fourth-order valence-electron chi connectivity index (χ4n) is 3.12. The molecule has 1 saturated carbocycles. The molecular weight excluding hydrogens is 214 g/mol. The van der Waals surface area contributed by atoms with Crippen LogP contribution in [0.3, 0.4) is 0 Å². The van der Waals surface area contributed by atoms with E-state index in [0.717, 1.165) is 39.0 Å². The molecule has 2 rings (SSSR count). The Bertz CT molecular complexity index is 266. The minimum absolute atomic E-state index is 0.258. The first-order valence-electron chi connectivity index (χ1n) is 6.92. The Morgan fingerprint density at radius 2 is 1.82 bits per heavy atom. The average Bonchev–Trinajstić information content (AvgIpc) is 2.78. The molecule has 2 fully saturated rings. The zero-order valence-corrected chi connectivity index (χ0v) is 11.1. The SMILES string of the molecule is CC(C)NC1(C(=O)N2CCNCC2)CCCC1. The Morgan fingerprint density at radius 3 is 2.35 bits per heavy atom. The summed E-state index contributed by atoms with van der Waals surface area (Å²) in [6.07, 6.45) is 4.37. The summed E-state index contributed by atoms with van der Waals surface area (Å²) in [6.45, 7) is 7.85. The number of carbonyl (C=O) groups excluding carboxylic acids is 1. The van der Waals surface area contributed by atoms with E-state index in [1.807, 2.05) is 4.90 Å². The number of nitrogens with zero attached hydrogens (tertiary/aromatic N) is 1. The lowest BCUT2D eigenvalue weighted by atomic mass is 9.94. The lowest BCUT2D eigenvalue weighted by molar-refractivity contribution is -0.139. The highest BCUT2D eigenvalue weighted by Gasteiger charge is 2.43. The fourth-order valence-corrected chi connectivity index (χ4v) is 3.12. The third-order valence-electron chi connectivity index (χ3n) is 3.84. The van der Waals surface area contributed by atoms with Gasteiger partial charge in [0.1, 0.15) is 0 Å². The molecule has 1 aliphatic carbocycles. The Balaban J connectivity index is 2.06. The fraction of sp³-hybridized carbons (Fsp3) is 0.923. The van der Waals surface area contributed by atoms with Gasteiger partial charge in [0.2, 0.25) is 5.91 Å². The Hall–Kier alpha value is -0.610. The van der Waals surface area contributed by atoms with Crippen LogP contribution in [0.2, 0.25) is 0 Å². The maximum Gasteiger partial charge on any atom is 0.242 e. The summed E-state index contributed by atoms with van der Waals surface area (Å²) in [7, 11) is 0. The predicted molar refractivity (Wildman–Crippen MR) is 68.9 cm³/mol. The smallest absolute Gasteiger partial charge is 0.242 e. The Kier molecular flexibility index (Phi) is 4.05. The van der Waals surface area contributed by atoms with Crippen molar-refractivity contribution in [1.29, 1.82) is 0 Å². The van der Waals surface area contributed by atoms with Crippen molar-refractivity contribution in [3.63, 3.8) is 0 Å². The second-order valence-corrected chi connectivity index (χ2v) is 5.63. The average molecular weight is 239 g/mol. The monoisotopic (exact) mass is 239 g/mol. The summed E-state index contributed by atoms with van der Waals surface area (Å²) in [4.78, 5) is 14.7. The van der Waals surface area contributed by atoms with E-state index in [4.69, 9.17) is 0 Å². The summed E-state index contributed by atoms with van der Waals surface area (Å²) < 4.78 is 0. The number of rotatable bonds is 3. The summed E-state index contributed by atoms with van der Waals surface area (Å²) in [5, 5.41) is 6.84. The zero-order valence-electron chi connectivity index (χ0n) is 11.1. The molecule has 4 heteroatoms. The number of hydrogen-bond donors (Lipinski definition) is 2. The molecule has 1 heterocycles. The topological polar surface area (TPSA) is 44.4 Å². The van der Waals surface area contributed by atoms with E-state index < -0.39 is 0 Å². The van der Waals surface area contributed by atoms with E-state index >= 15 is 0 Å². The standard InChI is InChI=1S/C13H25N3O/c1-11(2)15-13(5-3-4-6-13)12(17)16-9-7-14-8-10-16/h11,14-15H,3-10H2,1-2H3. The van der Waals surface area contributed by atoms with Crippen LogP contribution in [-0.2, 0) is 4.79 Å². The van der Waals surface area contributed by atoms with Crippen molar-refractivity contribution in [2.24, 2.45) is 0 Å². The van der Waals surface area contributed by atoms with Crippen molar-refractivity contribution in [3.05, 3.63) is 0 Å². The molecule has 1 amide bonds. The normalized spacial score (nSPS) is 24.3. The summed E-state index contributed by atoms with van der Waals surface area (Å²) >= 11 is 0. The van der Waals surface area contributed by atoms with Gasteiger partial charge in [-0.1, -0.05) is 12.8 Å². The van der Waals surface area contributed by atoms with Crippen LogP contribution in [0.4, 0.5) is 0 Å². The lowest BCUT2D eigenvalue weighted by Crippen LogP contribution is -2.61. The second-order valence-electron chi connectivity index (χ2n) is 5.63. The van der Waals surface area contributed by atoms with Gasteiger partial charge < -0.3 is 15.5 Å². The van der Waals surface area contributed by atoms with Crippen LogP contribution in [0, 0.1) is 0 Å². The Labute approximate surface area is 104 Å². The van der Waals surface area contributed by atoms with Gasteiger partial charge in [-0.25, -0.2) is 0 Å². The van der Waals surface area contributed by atoms with Gasteiger partial charge in [-0.05, 0) is 26.7 Å². The minimum atomic E-state index is -0.258. The van der Waals surface area contributed by atoms with Crippen LogP contribution in [-0.4, -0.2) is 48.6 Å². The quantitative estimate of drug-likeness (QED) is 0.763. The predicted octanol–water partition coefficient (Wildman–Crippen LogP) is 0.729. The Morgan fingerprint density at radius 1 is 1.24 bits per heavy atom. The molecule has 1 saturated heterocycles. The van der Waals surface area contributed by atoms with Gasteiger partial charge in [0.15, 0.2) is 0 Å². The molecule has 4 nitrogen and oxygen atoms in total. The van der Waals surface area contributed by atoms with E-state index in [0.29, 0.717) is 11.9 Å². The van der Waals surface area contributed by atoms with Crippen LogP contribution < -0.4 is 10.6 Å². The summed E-state index contributed by atoms with van der Waals surface area (Å²) in [5.74, 6) is 0.338. The van der Waals surface area contributed by atoms with E-state index in [-0.39, 0.29) is 5.54 Å². The van der Waals surface area contributed by atoms with Crippen molar-refractivity contribution in [2.45, 2.75) is 51.1 Å². The molecule has 0 bridgehead atoms. The molecule has 98 valence electrons. The molecule has 0 atom stereocenters. The van der Waals surface area contributed by atoms with E-state index in [2.05, 4.69) is 24.5 Å². The van der Waals surface area contributed by atoms with Gasteiger partial charge in [-0.3, -0.25) is 4.79 Å². The molecule has 0 aromatic rings. The first-order valence-corrected chi connectivity index (χ1v) is 6.92. The maximum atomic E-state index is 12.7. The summed E-state index contributed by atoms with van der Waals surface area (Å²) in [6, 6.07) is 0.375. The van der Waals surface area contributed by atoms with Gasteiger partial charge >= 0.3 is 0 Å². The van der Waals surface area contributed by atoms with Crippen LogP contribution >= 0.6 is 0 Å². The molecular formula is C13H25N3O. The van der Waals surface area contributed by atoms with Crippen LogP contribution in [0.15, 0.2) is 0 Å². The highest BCUT2D eigenvalue weighted by Crippen LogP contribution is 2.32. The summed E-state index contributed by atoms with van der Waals surface area (Å²) in [5.41, 5.74) is -0.258. The van der Waals surface area contributed by atoms with Crippen molar-refractivity contribution in [2.75, 3.05) is 26.2 Å². The second kappa shape index (κ2) is 5.36. The highest BCUT2D eigenvalue weighted by molar-refractivity contribution is 5.87. The third-order valence-corrected chi connectivity index (χ3v) is 3.84. The number of carbonyl (C=O) groups is 1. The van der Waals surface area contributed by atoms with E-state index in [9.17, 15) is 4.79 Å². The molecule has 17 heavy (non-hydrogen) atoms. The van der Waals surface area contributed by atoms with Gasteiger partial charge in [0, 0.05) is 32.2 Å². The number of nitrogens with one attached hydrogen (secondary N) is 2. The first kappa shape index (κ1) is 12.8. The largest absolute Gasteiger partial charge is 0.339 e. The zero-order chi connectivity index (χ0) is 12.3. The highest BCUT2D eigenvalue weighted by atomic mass is 16.2. The molecule has 0 spiro atoms. The molecule has 2 aliphatic rings. The van der Waals surface area contributed by atoms with Gasteiger partial charge in [0.05, 0.1) is 5.54 Å². The van der Waals surface area contributed by atoms with E-state index in [1.54, 1.807) is 0 Å². The van der Waals surface area contributed by atoms with E-state index in [1.165, 1.54) is 12.8 Å². The van der Waals surface area contributed by atoms with Crippen molar-refractivity contribution in [1.82, 2.24) is 15.5 Å². The lowest BCUT2D eigenvalue weighted by Gasteiger charge is -2.38. The van der Waals surface area contributed by atoms with Crippen LogP contribution in [0.1, 0.15) is 39.5 Å². The third kappa shape index (κ3) is 2.80. The number of amides is 1. The molecule has 0 unspecified atom stereocenters. The van der Waals surface area contributed by atoms with Crippen molar-refractivity contribution >= 4 is 5.91 Å². The first-order chi connectivity index (χ1) is 8.14. The molecule has 0 radical (unpaired) electrons. The maximum absolute atomic E-state index is 12.7. The van der Waals surface area contributed by atoms with Crippen LogP contribution in [0.5, 0.6) is 0 Å². The molecule has 2 N–H and O–H groups in total.